The summed E-state index contributed by atoms with van der Waals surface area (Å²) in [6.07, 6.45) is 4.56. The molecule has 6 aromatic rings. The van der Waals surface area contributed by atoms with Crippen LogP contribution in [0.5, 0.6) is 17.2 Å². The molecule has 2 N–H and O–H groups in total. The first kappa shape index (κ1) is 25.5. The molecule has 0 spiro atoms. The summed E-state index contributed by atoms with van der Waals surface area (Å²) in [7, 11) is -3.84. The van der Waals surface area contributed by atoms with Crippen LogP contribution in [0.15, 0.2) is 103 Å². The predicted octanol–water partition coefficient (Wildman–Crippen LogP) is 8.22. The van der Waals surface area contributed by atoms with Crippen LogP contribution in [0.4, 0.5) is 0 Å². The zero-order valence-electron chi connectivity index (χ0n) is 22.7. The second-order valence-corrected chi connectivity index (χ2v) is 12.9. The number of aryl methyl sites for hydroxylation is 1. The predicted molar refractivity (Wildman–Crippen MR) is 167 cm³/mol. The molecule has 0 saturated carbocycles. The van der Waals surface area contributed by atoms with E-state index in [1.807, 2.05) is 65.2 Å². The van der Waals surface area contributed by atoms with Gasteiger partial charge in [0.15, 0.2) is 0 Å². The lowest BCUT2D eigenvalue weighted by Gasteiger charge is -2.29. The van der Waals surface area contributed by atoms with Crippen molar-refractivity contribution >= 4 is 39.8 Å². The first-order valence-electron chi connectivity index (χ1n) is 14.1. The Balaban J connectivity index is 1.45. The number of hydrogen-bond donors (Lipinski definition) is 2. The molecule has 1 atom stereocenters. The molecule has 0 bridgehead atoms. The molecule has 204 valence electrons. The van der Waals surface area contributed by atoms with E-state index in [1.165, 1.54) is 24.5 Å². The Morgan fingerprint density at radius 1 is 0.780 bits per heavy atom. The summed E-state index contributed by atoms with van der Waals surface area (Å²) in [5, 5.41) is 25.3. The van der Waals surface area contributed by atoms with Gasteiger partial charge in [-0.1, -0.05) is 86.5 Å². The molecule has 0 radical (unpaired) electrons. The topological polar surface area (TPSA) is 71.7 Å². The van der Waals surface area contributed by atoms with Crippen molar-refractivity contribution in [2.75, 3.05) is 0 Å². The van der Waals surface area contributed by atoms with Gasteiger partial charge in [-0.05, 0) is 54.3 Å². The Morgan fingerprint density at radius 3 is 2.29 bits per heavy atom. The van der Waals surface area contributed by atoms with Crippen LogP contribution in [-0.4, -0.2) is 14.8 Å². The normalized spacial score (nSPS) is 15.9. The van der Waals surface area contributed by atoms with Crippen LogP contribution in [0.2, 0.25) is 0 Å². The molecule has 0 aliphatic carbocycles. The van der Waals surface area contributed by atoms with Gasteiger partial charge in [-0.2, -0.15) is 0 Å². The summed E-state index contributed by atoms with van der Waals surface area (Å²) >= 11 is 0. The molecule has 5 aromatic carbocycles. The zero-order valence-corrected chi connectivity index (χ0v) is 23.6. The SMILES string of the molecule is CCCCCc1ccc(-n2c3ccccc3c3c(O)c(P4(=O)Oc5ccccc5-c5ccccc54)cc(O)c32)cc1. The van der Waals surface area contributed by atoms with E-state index in [0.29, 0.717) is 22.0 Å². The highest BCUT2D eigenvalue weighted by molar-refractivity contribution is 7.75. The highest BCUT2D eigenvalue weighted by Crippen LogP contribution is 2.57. The lowest BCUT2D eigenvalue weighted by atomic mass is 10.0. The molecule has 1 aliphatic heterocycles. The molecule has 1 aromatic heterocycles. The van der Waals surface area contributed by atoms with Gasteiger partial charge in [0, 0.05) is 22.7 Å². The smallest absolute Gasteiger partial charge is 0.311 e. The molecule has 7 rings (SSSR count). The Morgan fingerprint density at radius 2 is 1.49 bits per heavy atom. The number of nitrogens with zero attached hydrogens (tertiary/aromatic N) is 1. The van der Waals surface area contributed by atoms with Crippen LogP contribution < -0.4 is 15.1 Å². The number of para-hydroxylation sites is 2. The average Bonchev–Trinajstić information content (AvgIpc) is 3.36. The summed E-state index contributed by atoms with van der Waals surface area (Å²) in [6.45, 7) is 2.20. The quantitative estimate of drug-likeness (QED) is 0.123. The number of aromatic hydroxyl groups is 2. The number of unbranched alkanes of at least 4 members (excludes halogenated alkanes) is 2. The van der Waals surface area contributed by atoms with Gasteiger partial charge in [0.1, 0.15) is 17.2 Å². The number of phenolic OH excluding ortho intramolecular Hbond substituents is 2. The highest BCUT2D eigenvalue weighted by Gasteiger charge is 2.41. The van der Waals surface area contributed by atoms with Gasteiger partial charge in [0.05, 0.1) is 27.0 Å². The van der Waals surface area contributed by atoms with Crippen LogP contribution in [-0.2, 0) is 11.0 Å². The van der Waals surface area contributed by atoms with Crippen molar-refractivity contribution in [2.45, 2.75) is 32.6 Å². The van der Waals surface area contributed by atoms with Gasteiger partial charge in [-0.25, -0.2) is 0 Å². The molecule has 6 heteroatoms. The molecule has 41 heavy (non-hydrogen) atoms. The first-order chi connectivity index (χ1) is 20.0. The number of phenols is 2. The van der Waals surface area contributed by atoms with Crippen LogP contribution in [0, 0.1) is 0 Å². The van der Waals surface area contributed by atoms with Crippen LogP contribution in [0.25, 0.3) is 38.6 Å². The second-order valence-electron chi connectivity index (χ2n) is 10.6. The van der Waals surface area contributed by atoms with Crippen molar-refractivity contribution in [1.29, 1.82) is 0 Å². The van der Waals surface area contributed by atoms with Crippen molar-refractivity contribution in [1.82, 2.24) is 4.57 Å². The molecule has 0 fully saturated rings. The van der Waals surface area contributed by atoms with Crippen LogP contribution in [0.3, 0.4) is 0 Å². The fourth-order valence-electron chi connectivity index (χ4n) is 6.09. The molecule has 0 amide bonds. The first-order valence-corrected chi connectivity index (χ1v) is 15.7. The Bertz CT molecular complexity index is 1990. The molecular formula is C35H30NO4P. The number of benzene rings is 5. The summed E-state index contributed by atoms with van der Waals surface area (Å²) in [6, 6.07) is 32.3. The van der Waals surface area contributed by atoms with Gasteiger partial charge < -0.3 is 19.3 Å². The lowest BCUT2D eigenvalue weighted by molar-refractivity contribution is 0.467. The zero-order chi connectivity index (χ0) is 28.1. The largest absolute Gasteiger partial charge is 0.506 e. The molecule has 5 nitrogen and oxygen atoms in total. The fraction of sp³-hybridized carbons (Fsp3) is 0.143. The summed E-state index contributed by atoms with van der Waals surface area (Å²) < 4.78 is 23.1. The maximum absolute atomic E-state index is 14.9. The summed E-state index contributed by atoms with van der Waals surface area (Å²) in [5.41, 5.74) is 5.06. The summed E-state index contributed by atoms with van der Waals surface area (Å²) in [4.78, 5) is 0. The minimum Gasteiger partial charge on any atom is -0.506 e. The van der Waals surface area contributed by atoms with Crippen molar-refractivity contribution < 1.29 is 19.3 Å². The third-order valence-electron chi connectivity index (χ3n) is 8.08. The third-order valence-corrected chi connectivity index (χ3v) is 10.5. The maximum atomic E-state index is 14.9. The van der Waals surface area contributed by atoms with Gasteiger partial charge in [0.2, 0.25) is 0 Å². The van der Waals surface area contributed by atoms with E-state index in [1.54, 1.807) is 12.1 Å². The maximum Gasteiger partial charge on any atom is 0.311 e. The highest BCUT2D eigenvalue weighted by atomic mass is 31.2. The number of hydrogen-bond acceptors (Lipinski definition) is 4. The number of rotatable bonds is 6. The standard InChI is InChI=1S/C35H30NO4P/c1-2-3-4-11-23-18-20-24(21-19-23)36-28-15-8-5-14-27(28)33-34(36)29(37)22-32(35(33)38)41(39)31-17-10-7-13-26(31)25-12-6-9-16-30(25)40-41/h5-10,12-22,37-38H,2-4,11H2,1H3. The minimum absolute atomic E-state index is 0.0776. The third kappa shape index (κ3) is 3.95. The van der Waals surface area contributed by atoms with Crippen LogP contribution >= 0.6 is 7.37 Å². The average molecular weight is 560 g/mol. The number of aromatic nitrogens is 1. The Labute approximate surface area is 238 Å². The van der Waals surface area contributed by atoms with Gasteiger partial charge in [-0.15, -0.1) is 0 Å². The minimum atomic E-state index is -3.84. The molecular weight excluding hydrogens is 529 g/mol. The molecule has 1 aliphatic rings. The Kier molecular flexibility index (Phi) is 6.13. The van der Waals surface area contributed by atoms with E-state index >= 15 is 0 Å². The van der Waals surface area contributed by atoms with Crippen molar-refractivity contribution in [3.63, 3.8) is 0 Å². The Hall–Kier alpha value is -4.47. The van der Waals surface area contributed by atoms with E-state index in [9.17, 15) is 14.8 Å². The molecule has 2 heterocycles. The van der Waals surface area contributed by atoms with Gasteiger partial charge in [0.25, 0.3) is 0 Å². The van der Waals surface area contributed by atoms with E-state index in [4.69, 9.17) is 4.52 Å². The van der Waals surface area contributed by atoms with Gasteiger partial charge >= 0.3 is 7.37 Å². The van der Waals surface area contributed by atoms with Crippen molar-refractivity contribution in [2.24, 2.45) is 0 Å². The molecule has 1 unspecified atom stereocenters. The van der Waals surface area contributed by atoms with Gasteiger partial charge in [-0.3, -0.25) is 4.57 Å². The van der Waals surface area contributed by atoms with E-state index in [-0.39, 0.29) is 16.8 Å². The van der Waals surface area contributed by atoms with Crippen molar-refractivity contribution in [3.05, 3.63) is 109 Å². The van der Waals surface area contributed by atoms with E-state index < -0.39 is 7.37 Å². The molecule has 0 saturated heterocycles. The number of fused-ring (bicyclic) bond motifs is 6. The van der Waals surface area contributed by atoms with E-state index in [0.717, 1.165) is 40.6 Å². The summed E-state index contributed by atoms with van der Waals surface area (Å²) in [5.74, 6) is 0.252. The fourth-order valence-corrected chi connectivity index (χ4v) is 8.46. The van der Waals surface area contributed by atoms with Crippen molar-refractivity contribution in [3.8, 4) is 34.1 Å². The van der Waals surface area contributed by atoms with E-state index in [2.05, 4.69) is 31.2 Å². The second kappa shape index (κ2) is 9.87. The lowest BCUT2D eigenvalue weighted by Crippen LogP contribution is -2.25. The van der Waals surface area contributed by atoms with Crippen LogP contribution in [0.1, 0.15) is 31.7 Å². The monoisotopic (exact) mass is 559 g/mol.